The molecule has 0 radical (unpaired) electrons. The minimum Gasteiger partial charge on any atom is -0.463 e. The van der Waals surface area contributed by atoms with E-state index in [0.29, 0.717) is 25.7 Å². The van der Waals surface area contributed by atoms with Crippen LogP contribution in [0.1, 0.15) is 57.6 Å². The monoisotopic (exact) mass is 333 g/mol. The number of cyclic esters (lactones) is 1. The zero-order valence-electron chi connectivity index (χ0n) is 15.0. The fourth-order valence-corrected chi connectivity index (χ4v) is 3.28. The molecule has 3 rings (SSSR count). The lowest BCUT2D eigenvalue weighted by molar-refractivity contribution is -0.180. The van der Waals surface area contributed by atoms with Gasteiger partial charge in [0.25, 0.3) is 0 Å². The molecule has 2 atom stereocenters. The fourth-order valence-electron chi connectivity index (χ4n) is 3.28. The Morgan fingerprint density at radius 1 is 1.25 bits per heavy atom. The van der Waals surface area contributed by atoms with Crippen molar-refractivity contribution in [3.63, 3.8) is 0 Å². The van der Waals surface area contributed by atoms with Crippen LogP contribution in [0.2, 0.25) is 0 Å². The van der Waals surface area contributed by atoms with Crippen molar-refractivity contribution in [3.05, 3.63) is 29.3 Å². The first-order chi connectivity index (χ1) is 11.4. The molecule has 0 aliphatic carbocycles. The van der Waals surface area contributed by atoms with Crippen LogP contribution in [0.4, 0.5) is 4.79 Å². The Morgan fingerprint density at radius 2 is 2.04 bits per heavy atom. The van der Waals surface area contributed by atoms with Crippen molar-refractivity contribution in [1.82, 2.24) is 4.90 Å². The largest absolute Gasteiger partial charge is 0.463 e. The molecule has 5 heteroatoms. The highest BCUT2D eigenvalue weighted by Gasteiger charge is 2.28. The van der Waals surface area contributed by atoms with Gasteiger partial charge in [0.05, 0.1) is 13.2 Å². The summed E-state index contributed by atoms with van der Waals surface area (Å²) in [4.78, 5) is 13.4. The number of rotatable bonds is 5. The van der Waals surface area contributed by atoms with Crippen molar-refractivity contribution < 1.29 is 19.0 Å². The molecule has 0 aromatic heterocycles. The third kappa shape index (κ3) is 3.66. The van der Waals surface area contributed by atoms with E-state index in [1.165, 1.54) is 5.56 Å². The zero-order chi connectivity index (χ0) is 17.3. The van der Waals surface area contributed by atoms with Gasteiger partial charge in [-0.2, -0.15) is 0 Å². The summed E-state index contributed by atoms with van der Waals surface area (Å²) in [5.74, 6) is 0.779. The smallest absolute Gasteiger partial charge is 0.410 e. The Balaban J connectivity index is 1.59. The summed E-state index contributed by atoms with van der Waals surface area (Å²) >= 11 is 0. The van der Waals surface area contributed by atoms with Gasteiger partial charge in [0.2, 0.25) is 5.79 Å². The van der Waals surface area contributed by atoms with Crippen molar-refractivity contribution in [2.24, 2.45) is 0 Å². The van der Waals surface area contributed by atoms with E-state index in [9.17, 15) is 4.79 Å². The van der Waals surface area contributed by atoms with Gasteiger partial charge in [-0.1, -0.05) is 13.0 Å². The average molecular weight is 333 g/mol. The van der Waals surface area contributed by atoms with Crippen LogP contribution in [0.5, 0.6) is 5.75 Å². The molecule has 2 heterocycles. The lowest BCUT2D eigenvalue weighted by atomic mass is 9.92. The lowest BCUT2D eigenvalue weighted by Gasteiger charge is -2.33. The van der Waals surface area contributed by atoms with Crippen LogP contribution in [-0.4, -0.2) is 36.0 Å². The Kier molecular flexibility index (Phi) is 4.72. The Morgan fingerprint density at radius 3 is 2.75 bits per heavy atom. The first-order valence-electron chi connectivity index (χ1n) is 8.75. The molecular weight excluding hydrogens is 306 g/mol. The molecule has 1 fully saturated rings. The van der Waals surface area contributed by atoms with Gasteiger partial charge in [0.1, 0.15) is 12.4 Å². The van der Waals surface area contributed by atoms with Gasteiger partial charge >= 0.3 is 6.09 Å². The molecule has 1 saturated heterocycles. The second kappa shape index (κ2) is 6.63. The van der Waals surface area contributed by atoms with Crippen LogP contribution in [0, 0.1) is 0 Å². The van der Waals surface area contributed by atoms with Crippen LogP contribution in [-0.2, 0) is 16.1 Å². The van der Waals surface area contributed by atoms with Gasteiger partial charge in [-0.05, 0) is 43.4 Å². The van der Waals surface area contributed by atoms with E-state index in [4.69, 9.17) is 14.2 Å². The summed E-state index contributed by atoms with van der Waals surface area (Å²) in [7, 11) is 0. The zero-order valence-corrected chi connectivity index (χ0v) is 15.0. The molecule has 1 aromatic carbocycles. The number of benzene rings is 1. The highest BCUT2D eigenvalue weighted by atomic mass is 16.7. The van der Waals surface area contributed by atoms with Crippen molar-refractivity contribution in [2.45, 2.75) is 64.9 Å². The second-order valence-electron chi connectivity index (χ2n) is 7.29. The van der Waals surface area contributed by atoms with Crippen molar-refractivity contribution in [3.8, 4) is 5.75 Å². The molecule has 132 valence electrons. The van der Waals surface area contributed by atoms with Crippen LogP contribution in [0.3, 0.4) is 0 Å². The number of hydrogen-bond acceptors (Lipinski definition) is 4. The third-order valence-corrected chi connectivity index (χ3v) is 4.93. The number of hydrogen-bond donors (Lipinski definition) is 0. The normalized spacial score (nSPS) is 21.7. The summed E-state index contributed by atoms with van der Waals surface area (Å²) in [6.07, 6.45) is 1.81. The van der Waals surface area contributed by atoms with E-state index in [1.54, 1.807) is 0 Å². The number of ether oxygens (including phenoxy) is 3. The summed E-state index contributed by atoms with van der Waals surface area (Å²) in [6.45, 7) is 9.98. The number of fused-ring (bicyclic) bond motifs is 1. The maximum atomic E-state index is 11.6. The minimum atomic E-state index is -0.556. The molecule has 1 amide bonds. The average Bonchev–Trinajstić information content (AvgIpc) is 2.97. The first-order valence-corrected chi connectivity index (χ1v) is 8.75. The molecule has 2 aliphatic heterocycles. The van der Waals surface area contributed by atoms with Gasteiger partial charge < -0.3 is 19.1 Å². The quantitative estimate of drug-likeness (QED) is 0.815. The maximum absolute atomic E-state index is 11.6. The molecule has 1 aromatic rings. The van der Waals surface area contributed by atoms with E-state index < -0.39 is 5.79 Å². The minimum absolute atomic E-state index is 0.180. The topological polar surface area (TPSA) is 48.0 Å². The predicted molar refractivity (Wildman–Crippen MR) is 91.1 cm³/mol. The fraction of sp³-hybridized carbons (Fsp3) is 0.632. The maximum Gasteiger partial charge on any atom is 0.410 e. The molecule has 24 heavy (non-hydrogen) atoms. The van der Waals surface area contributed by atoms with Gasteiger partial charge in [0, 0.05) is 25.5 Å². The van der Waals surface area contributed by atoms with Gasteiger partial charge in [-0.25, -0.2) is 4.79 Å². The Bertz CT molecular complexity index is 613. The van der Waals surface area contributed by atoms with E-state index >= 15 is 0 Å². The SMILES string of the molecule is CC(CC[C@@H](C)c1ccc2c(c1)COC(C)(C)O2)N1CCOC1=O. The molecule has 5 nitrogen and oxygen atoms in total. The predicted octanol–water partition coefficient (Wildman–Crippen LogP) is 4.06. The summed E-state index contributed by atoms with van der Waals surface area (Å²) in [5, 5.41) is 0. The summed E-state index contributed by atoms with van der Waals surface area (Å²) in [5.41, 5.74) is 2.40. The number of carbonyl (C=O) groups is 1. The van der Waals surface area contributed by atoms with E-state index in [2.05, 4.69) is 26.0 Å². The van der Waals surface area contributed by atoms with Crippen molar-refractivity contribution in [1.29, 1.82) is 0 Å². The number of nitrogens with zero attached hydrogens (tertiary/aromatic N) is 1. The van der Waals surface area contributed by atoms with Crippen LogP contribution < -0.4 is 4.74 Å². The first kappa shape index (κ1) is 17.1. The molecule has 0 N–H and O–H groups in total. The van der Waals surface area contributed by atoms with E-state index in [1.807, 2.05) is 24.8 Å². The van der Waals surface area contributed by atoms with Crippen LogP contribution >= 0.6 is 0 Å². The van der Waals surface area contributed by atoms with E-state index in [-0.39, 0.29) is 12.1 Å². The van der Waals surface area contributed by atoms with Crippen LogP contribution in [0.15, 0.2) is 18.2 Å². The molecule has 0 saturated carbocycles. The number of amides is 1. The highest BCUT2D eigenvalue weighted by molar-refractivity contribution is 5.69. The standard InChI is InChI=1S/C19H27NO4/c1-13(5-6-14(2)20-9-10-22-18(20)21)15-7-8-17-16(11-15)12-23-19(3,4)24-17/h7-8,11,13-14H,5-6,9-10,12H2,1-4H3/t13-,14?/m1/s1. The van der Waals surface area contributed by atoms with Crippen LogP contribution in [0.25, 0.3) is 0 Å². The van der Waals surface area contributed by atoms with E-state index in [0.717, 1.165) is 24.2 Å². The third-order valence-electron chi connectivity index (χ3n) is 4.93. The number of carbonyl (C=O) groups excluding carboxylic acids is 1. The summed E-state index contributed by atoms with van der Waals surface area (Å²) in [6, 6.07) is 6.59. The lowest BCUT2D eigenvalue weighted by Crippen LogP contribution is -2.35. The molecule has 0 spiro atoms. The van der Waals surface area contributed by atoms with Gasteiger partial charge in [-0.3, -0.25) is 0 Å². The van der Waals surface area contributed by atoms with Gasteiger partial charge in [0.15, 0.2) is 0 Å². The molecule has 1 unspecified atom stereocenters. The molecular formula is C19H27NO4. The Labute approximate surface area is 143 Å². The van der Waals surface area contributed by atoms with Gasteiger partial charge in [-0.15, -0.1) is 0 Å². The second-order valence-corrected chi connectivity index (χ2v) is 7.29. The Hall–Kier alpha value is -1.75. The highest BCUT2D eigenvalue weighted by Crippen LogP contribution is 2.34. The van der Waals surface area contributed by atoms with Crippen molar-refractivity contribution >= 4 is 6.09 Å². The molecule has 2 aliphatic rings. The van der Waals surface area contributed by atoms with Crippen molar-refractivity contribution in [2.75, 3.05) is 13.2 Å². The molecule has 0 bridgehead atoms. The summed E-state index contributed by atoms with van der Waals surface area (Å²) < 4.78 is 16.6.